The van der Waals surface area contributed by atoms with Crippen LogP contribution in [0.1, 0.15) is 58.3 Å². The van der Waals surface area contributed by atoms with E-state index in [9.17, 15) is 9.59 Å². The molecule has 6 aliphatic carbocycles. The lowest BCUT2D eigenvalue weighted by molar-refractivity contribution is -0.146. The topological polar surface area (TPSA) is 56.8 Å². The third-order valence-corrected chi connectivity index (χ3v) is 12.6. The van der Waals surface area contributed by atoms with Crippen molar-refractivity contribution in [3.05, 3.63) is 24.3 Å². The number of carbonyl (C=O) groups is 2. The fourth-order valence-electron chi connectivity index (χ4n) is 10.0. The molecule has 37 heavy (non-hydrogen) atoms. The van der Waals surface area contributed by atoms with Gasteiger partial charge in [-0.15, -0.1) is 0 Å². The second-order valence-electron chi connectivity index (χ2n) is 13.7. The van der Waals surface area contributed by atoms with Crippen LogP contribution in [0.4, 0.5) is 5.82 Å². The summed E-state index contributed by atoms with van der Waals surface area (Å²) in [5.74, 6) is 2.01. The van der Waals surface area contributed by atoms with Crippen molar-refractivity contribution in [2.45, 2.75) is 58.3 Å². The Kier molecular flexibility index (Phi) is 4.83. The minimum Gasteiger partial charge on any atom is -0.353 e. The molecule has 0 N–H and O–H groups in total. The Morgan fingerprint density at radius 1 is 0.946 bits per heavy atom. The molecule has 8 fully saturated rings. The van der Waals surface area contributed by atoms with Gasteiger partial charge in [-0.2, -0.15) is 4.37 Å². The number of piperazine rings is 1. The van der Waals surface area contributed by atoms with E-state index in [0.29, 0.717) is 12.5 Å². The maximum atomic E-state index is 13.6. The summed E-state index contributed by atoms with van der Waals surface area (Å²) in [6.07, 6.45) is 9.51. The van der Waals surface area contributed by atoms with Gasteiger partial charge in [0.2, 0.25) is 11.8 Å². The first-order valence-corrected chi connectivity index (χ1v) is 15.4. The minimum absolute atomic E-state index is 0.0264. The highest BCUT2D eigenvalue weighted by atomic mass is 32.1. The standard InChI is InChI=1S/C30H38N4O2S/c1-28(19-32-12-14-33(15-13-32)25-21-7-2-3-8-22(21)37-31-25)9-5-4-6-20(28)16-34-26(35)23-24(27(34)36)30-11-10-29(23,17-30)18-30/h2-3,7-8,20,23-24H,4-6,9-19H2,1H3/t20-,23-,24+,28-,29?,30?/m0/s1. The molecule has 10 rings (SSSR count). The van der Waals surface area contributed by atoms with Crippen LogP contribution in [0.3, 0.4) is 0 Å². The summed E-state index contributed by atoms with van der Waals surface area (Å²) in [7, 11) is 0. The first-order chi connectivity index (χ1) is 17.9. The molecule has 2 saturated heterocycles. The number of nitrogens with zero attached hydrogens (tertiary/aromatic N) is 4. The molecule has 2 bridgehead atoms. The van der Waals surface area contributed by atoms with Crippen molar-refractivity contribution in [1.82, 2.24) is 14.2 Å². The van der Waals surface area contributed by atoms with Crippen LogP contribution in [0.2, 0.25) is 0 Å². The van der Waals surface area contributed by atoms with E-state index in [1.807, 2.05) is 0 Å². The summed E-state index contributed by atoms with van der Waals surface area (Å²) in [5.41, 5.74) is 0.555. The number of imide groups is 1. The molecule has 8 aliphatic rings. The van der Waals surface area contributed by atoms with E-state index in [2.05, 4.69) is 41.0 Å². The molecule has 1 aromatic heterocycles. The largest absolute Gasteiger partial charge is 0.353 e. The highest BCUT2D eigenvalue weighted by molar-refractivity contribution is 7.13. The molecule has 196 valence electrons. The number of anilines is 1. The second-order valence-corrected chi connectivity index (χ2v) is 14.5. The minimum atomic E-state index is 0.0264. The number of fused-ring (bicyclic) bond motifs is 2. The van der Waals surface area contributed by atoms with Gasteiger partial charge in [-0.1, -0.05) is 31.9 Å². The Labute approximate surface area is 223 Å². The lowest BCUT2D eigenvalue weighted by Crippen LogP contribution is -2.53. The van der Waals surface area contributed by atoms with Crippen molar-refractivity contribution in [2.75, 3.05) is 44.2 Å². The van der Waals surface area contributed by atoms with Gasteiger partial charge in [0.15, 0.2) is 0 Å². The molecule has 0 spiro atoms. The number of hydrogen-bond donors (Lipinski definition) is 0. The summed E-state index contributed by atoms with van der Waals surface area (Å²) in [6, 6.07) is 8.55. The number of amides is 2. The predicted molar refractivity (Wildman–Crippen MR) is 145 cm³/mol. The normalized spacial score (nSPS) is 41.1. The van der Waals surface area contributed by atoms with Gasteiger partial charge in [0.05, 0.1) is 16.5 Å². The SMILES string of the molecule is C[C@@]1(CN2CCN(c3nsc4ccccc34)CC2)CCCC[C@H]1CN1C(=O)[C@@H]2[C@H](C1=O)C13CCC2(C1)C3. The first-order valence-electron chi connectivity index (χ1n) is 14.6. The van der Waals surface area contributed by atoms with Gasteiger partial charge in [0.1, 0.15) is 5.82 Å². The van der Waals surface area contributed by atoms with E-state index < -0.39 is 0 Å². The van der Waals surface area contributed by atoms with E-state index in [1.54, 1.807) is 16.4 Å². The lowest BCUT2D eigenvalue weighted by atomic mass is 9.65. The van der Waals surface area contributed by atoms with Gasteiger partial charge in [0, 0.05) is 44.7 Å². The monoisotopic (exact) mass is 518 g/mol. The van der Waals surface area contributed by atoms with Crippen LogP contribution in [0.15, 0.2) is 24.3 Å². The number of aromatic nitrogens is 1. The molecule has 6 saturated carbocycles. The molecule has 1 aromatic carbocycles. The van der Waals surface area contributed by atoms with E-state index in [1.165, 1.54) is 42.2 Å². The third-order valence-electron chi connectivity index (χ3n) is 11.8. The number of benzene rings is 1. The fraction of sp³-hybridized carbons (Fsp3) is 0.700. The highest BCUT2D eigenvalue weighted by Gasteiger charge is 2.81. The summed E-state index contributed by atoms with van der Waals surface area (Å²) in [4.78, 5) is 34.1. The van der Waals surface area contributed by atoms with Crippen molar-refractivity contribution in [3.8, 4) is 0 Å². The van der Waals surface area contributed by atoms with Gasteiger partial charge < -0.3 is 4.90 Å². The lowest BCUT2D eigenvalue weighted by Gasteiger charge is -2.47. The molecule has 4 atom stereocenters. The Balaban J connectivity index is 0.950. The molecular formula is C30H38N4O2S. The second kappa shape index (κ2) is 7.78. The quantitative estimate of drug-likeness (QED) is 0.533. The van der Waals surface area contributed by atoms with Crippen LogP contribution >= 0.6 is 11.5 Å². The van der Waals surface area contributed by atoms with Gasteiger partial charge >= 0.3 is 0 Å². The van der Waals surface area contributed by atoms with E-state index in [0.717, 1.165) is 57.8 Å². The van der Waals surface area contributed by atoms with Crippen molar-refractivity contribution >= 4 is 39.3 Å². The van der Waals surface area contributed by atoms with Crippen LogP contribution in [0.25, 0.3) is 10.1 Å². The molecule has 7 heteroatoms. The average Bonchev–Trinajstić information content (AvgIpc) is 3.70. The maximum absolute atomic E-state index is 13.6. The molecule has 0 unspecified atom stereocenters. The predicted octanol–water partition coefficient (Wildman–Crippen LogP) is 4.79. The Morgan fingerprint density at radius 3 is 2.38 bits per heavy atom. The maximum Gasteiger partial charge on any atom is 0.233 e. The van der Waals surface area contributed by atoms with Crippen LogP contribution in [-0.4, -0.2) is 65.3 Å². The molecule has 2 aliphatic heterocycles. The van der Waals surface area contributed by atoms with Crippen molar-refractivity contribution in [3.63, 3.8) is 0 Å². The van der Waals surface area contributed by atoms with Gasteiger partial charge in [-0.25, -0.2) is 0 Å². The van der Waals surface area contributed by atoms with Crippen LogP contribution in [0.5, 0.6) is 0 Å². The smallest absolute Gasteiger partial charge is 0.233 e. The Bertz CT molecular complexity index is 1240. The van der Waals surface area contributed by atoms with Gasteiger partial charge in [-0.05, 0) is 84.4 Å². The van der Waals surface area contributed by atoms with E-state index in [-0.39, 0.29) is 39.9 Å². The summed E-state index contributed by atoms with van der Waals surface area (Å²) in [6.45, 7) is 8.28. The zero-order valence-electron chi connectivity index (χ0n) is 22.0. The number of carbonyl (C=O) groups excluding carboxylic acids is 2. The zero-order chi connectivity index (χ0) is 25.0. The molecule has 2 aromatic rings. The Hall–Kier alpha value is -1.99. The molecule has 3 heterocycles. The summed E-state index contributed by atoms with van der Waals surface area (Å²) in [5, 5.41) is 1.27. The van der Waals surface area contributed by atoms with Crippen molar-refractivity contribution < 1.29 is 9.59 Å². The molecule has 6 nitrogen and oxygen atoms in total. The number of hydrogen-bond acceptors (Lipinski definition) is 6. The summed E-state index contributed by atoms with van der Waals surface area (Å²) < 4.78 is 6.04. The van der Waals surface area contributed by atoms with Crippen molar-refractivity contribution in [1.29, 1.82) is 0 Å². The van der Waals surface area contributed by atoms with Crippen LogP contribution in [-0.2, 0) is 9.59 Å². The molecular weight excluding hydrogens is 480 g/mol. The average molecular weight is 519 g/mol. The van der Waals surface area contributed by atoms with Gasteiger partial charge in [0.25, 0.3) is 0 Å². The van der Waals surface area contributed by atoms with Crippen LogP contribution < -0.4 is 4.90 Å². The van der Waals surface area contributed by atoms with Crippen LogP contribution in [0, 0.1) is 34.0 Å². The van der Waals surface area contributed by atoms with E-state index in [4.69, 9.17) is 4.37 Å². The van der Waals surface area contributed by atoms with Gasteiger partial charge in [-0.3, -0.25) is 19.4 Å². The number of rotatable bonds is 5. The van der Waals surface area contributed by atoms with Crippen molar-refractivity contribution in [2.24, 2.45) is 34.0 Å². The van der Waals surface area contributed by atoms with E-state index >= 15 is 0 Å². The summed E-state index contributed by atoms with van der Waals surface area (Å²) >= 11 is 1.60. The zero-order valence-corrected chi connectivity index (χ0v) is 22.8. The highest BCUT2D eigenvalue weighted by Crippen LogP contribution is 2.83. The third kappa shape index (κ3) is 3.10. The molecule has 2 amide bonds. The fourth-order valence-corrected chi connectivity index (χ4v) is 10.8. The molecule has 0 radical (unpaired) electrons. The Morgan fingerprint density at radius 2 is 1.65 bits per heavy atom. The first kappa shape index (κ1) is 22.9. The number of likely N-dealkylation sites (tertiary alicyclic amines) is 1.